The summed E-state index contributed by atoms with van der Waals surface area (Å²) >= 11 is 0. The van der Waals surface area contributed by atoms with Crippen molar-refractivity contribution in [1.29, 1.82) is 0 Å². The number of carbonyl (C=O) groups excluding carboxylic acids is 3. The zero-order chi connectivity index (χ0) is 16.4. The molecule has 0 saturated heterocycles. The standard InChI is InChI=1S/C17H21O5/c1-3-4-5-6-7-8-15(19)13-9-10-16(14(11-13)12-18)22-17(20)21-2/h9-11H,3-8H2,1-2H3. The summed E-state index contributed by atoms with van der Waals surface area (Å²) in [5.41, 5.74) is 0.452. The monoisotopic (exact) mass is 305 g/mol. The number of rotatable bonds is 9. The molecular weight excluding hydrogens is 284 g/mol. The fraction of sp³-hybridized carbons (Fsp3) is 0.471. The van der Waals surface area contributed by atoms with E-state index in [-0.39, 0.29) is 17.1 Å². The summed E-state index contributed by atoms with van der Waals surface area (Å²) in [5.74, 6) is -0.000961. The van der Waals surface area contributed by atoms with Crippen molar-refractivity contribution in [3.63, 3.8) is 0 Å². The fourth-order valence-electron chi connectivity index (χ4n) is 2.04. The molecule has 0 atom stereocenters. The molecule has 0 heterocycles. The molecule has 1 aromatic carbocycles. The van der Waals surface area contributed by atoms with Crippen molar-refractivity contribution in [1.82, 2.24) is 0 Å². The van der Waals surface area contributed by atoms with Crippen molar-refractivity contribution in [2.45, 2.75) is 45.4 Å². The molecule has 0 spiro atoms. The Bertz CT molecular complexity index is 522. The zero-order valence-electron chi connectivity index (χ0n) is 13.0. The molecule has 0 bridgehead atoms. The Morgan fingerprint density at radius 3 is 2.50 bits per heavy atom. The largest absolute Gasteiger partial charge is 0.513 e. The summed E-state index contributed by atoms with van der Waals surface area (Å²) in [6.07, 6.45) is 6.51. The number of hydrogen-bond acceptors (Lipinski definition) is 5. The molecule has 1 aromatic rings. The van der Waals surface area contributed by atoms with Crippen molar-refractivity contribution >= 4 is 18.2 Å². The SMILES string of the molecule is CCCCCCCC(=O)c1ccc(OC(=O)OC)c([C]=O)c1. The third-order valence-corrected chi connectivity index (χ3v) is 3.28. The van der Waals surface area contributed by atoms with E-state index >= 15 is 0 Å². The molecule has 1 rings (SSSR count). The predicted octanol–water partition coefficient (Wildman–Crippen LogP) is 3.83. The first-order valence-corrected chi connectivity index (χ1v) is 7.43. The van der Waals surface area contributed by atoms with E-state index in [9.17, 15) is 14.4 Å². The predicted molar refractivity (Wildman–Crippen MR) is 82.0 cm³/mol. The molecule has 0 saturated carbocycles. The molecule has 0 N–H and O–H groups in total. The van der Waals surface area contributed by atoms with Crippen LogP contribution in [-0.4, -0.2) is 25.3 Å². The van der Waals surface area contributed by atoms with Crippen LogP contribution < -0.4 is 4.74 Å². The summed E-state index contributed by atoms with van der Waals surface area (Å²) in [4.78, 5) is 34.1. The number of ether oxygens (including phenoxy) is 2. The molecule has 22 heavy (non-hydrogen) atoms. The minimum Gasteiger partial charge on any atom is -0.437 e. The second kappa shape index (κ2) is 9.71. The van der Waals surface area contributed by atoms with Crippen LogP contribution in [0.5, 0.6) is 5.75 Å². The summed E-state index contributed by atoms with van der Waals surface area (Å²) in [6.45, 7) is 2.14. The van der Waals surface area contributed by atoms with Gasteiger partial charge in [0.05, 0.1) is 12.7 Å². The lowest BCUT2D eigenvalue weighted by atomic mass is 10.0. The molecule has 0 aliphatic heterocycles. The Balaban J connectivity index is 2.65. The van der Waals surface area contributed by atoms with Crippen molar-refractivity contribution in [2.75, 3.05) is 7.11 Å². The van der Waals surface area contributed by atoms with Crippen LogP contribution >= 0.6 is 0 Å². The van der Waals surface area contributed by atoms with Gasteiger partial charge in [0.25, 0.3) is 0 Å². The third kappa shape index (κ3) is 5.68. The van der Waals surface area contributed by atoms with Gasteiger partial charge in [0.2, 0.25) is 6.29 Å². The first-order valence-electron chi connectivity index (χ1n) is 7.43. The van der Waals surface area contributed by atoms with Crippen LogP contribution in [0.3, 0.4) is 0 Å². The van der Waals surface area contributed by atoms with E-state index in [0.717, 1.165) is 25.7 Å². The number of carbonyl (C=O) groups is 2. The van der Waals surface area contributed by atoms with Gasteiger partial charge in [0.1, 0.15) is 5.75 Å². The highest BCUT2D eigenvalue weighted by atomic mass is 16.7. The van der Waals surface area contributed by atoms with Crippen molar-refractivity contribution in [2.24, 2.45) is 0 Å². The Hall–Kier alpha value is -2.17. The lowest BCUT2D eigenvalue weighted by molar-refractivity contribution is 0.0979. The number of benzene rings is 1. The molecule has 1 radical (unpaired) electrons. The molecule has 0 unspecified atom stereocenters. The van der Waals surface area contributed by atoms with Crippen molar-refractivity contribution in [3.05, 3.63) is 29.3 Å². The topological polar surface area (TPSA) is 69.7 Å². The first kappa shape index (κ1) is 17.9. The molecule has 119 valence electrons. The van der Waals surface area contributed by atoms with Crippen LogP contribution in [0, 0.1) is 0 Å². The molecular formula is C17H21O5. The van der Waals surface area contributed by atoms with Gasteiger partial charge in [-0.05, 0) is 24.6 Å². The van der Waals surface area contributed by atoms with Gasteiger partial charge >= 0.3 is 6.16 Å². The summed E-state index contributed by atoms with van der Waals surface area (Å²) in [5, 5.41) is 0. The van der Waals surface area contributed by atoms with Crippen LogP contribution in [0.1, 0.15) is 61.4 Å². The highest BCUT2D eigenvalue weighted by Crippen LogP contribution is 2.20. The Labute approximate surface area is 130 Å². The van der Waals surface area contributed by atoms with E-state index < -0.39 is 6.16 Å². The summed E-state index contributed by atoms with van der Waals surface area (Å²) in [6, 6.07) is 4.33. The van der Waals surface area contributed by atoms with Crippen LogP contribution in [0.15, 0.2) is 18.2 Å². The van der Waals surface area contributed by atoms with E-state index in [0.29, 0.717) is 12.0 Å². The van der Waals surface area contributed by atoms with E-state index in [2.05, 4.69) is 11.7 Å². The number of Topliss-reactive ketones (excluding diaryl/α,β-unsaturated/α-hetero) is 1. The number of ketones is 1. The van der Waals surface area contributed by atoms with Gasteiger partial charge in [0.15, 0.2) is 5.78 Å². The van der Waals surface area contributed by atoms with Crippen molar-refractivity contribution < 1.29 is 23.9 Å². The van der Waals surface area contributed by atoms with Crippen LogP contribution in [0.25, 0.3) is 0 Å². The highest BCUT2D eigenvalue weighted by Gasteiger charge is 2.13. The van der Waals surface area contributed by atoms with Gasteiger partial charge < -0.3 is 9.47 Å². The van der Waals surface area contributed by atoms with Gasteiger partial charge in [-0.2, -0.15) is 0 Å². The molecule has 5 heteroatoms. The lowest BCUT2D eigenvalue weighted by Gasteiger charge is -2.07. The molecule has 5 nitrogen and oxygen atoms in total. The van der Waals surface area contributed by atoms with Gasteiger partial charge in [0, 0.05) is 12.0 Å². The Kier molecular flexibility index (Phi) is 7.89. The van der Waals surface area contributed by atoms with Gasteiger partial charge in [-0.25, -0.2) is 4.79 Å². The second-order valence-corrected chi connectivity index (χ2v) is 4.96. The summed E-state index contributed by atoms with van der Waals surface area (Å²) in [7, 11) is 1.17. The quantitative estimate of drug-likeness (QED) is 0.300. The van der Waals surface area contributed by atoms with Gasteiger partial charge in [-0.1, -0.05) is 32.6 Å². The Morgan fingerprint density at radius 1 is 1.14 bits per heavy atom. The second-order valence-electron chi connectivity index (χ2n) is 4.96. The minimum atomic E-state index is -0.925. The van der Waals surface area contributed by atoms with Crippen LogP contribution in [0.2, 0.25) is 0 Å². The average Bonchev–Trinajstić information content (AvgIpc) is 2.54. The number of methoxy groups -OCH3 is 1. The first-order chi connectivity index (χ1) is 10.6. The normalized spacial score (nSPS) is 10.1. The smallest absolute Gasteiger partial charge is 0.437 e. The van der Waals surface area contributed by atoms with Gasteiger partial charge in [-0.3, -0.25) is 9.59 Å². The maximum Gasteiger partial charge on any atom is 0.513 e. The molecule has 0 aromatic heterocycles. The molecule has 0 aliphatic rings. The van der Waals surface area contributed by atoms with Crippen LogP contribution in [0.4, 0.5) is 4.79 Å². The highest BCUT2D eigenvalue weighted by molar-refractivity contribution is 5.98. The Morgan fingerprint density at radius 2 is 1.86 bits per heavy atom. The zero-order valence-corrected chi connectivity index (χ0v) is 13.0. The lowest BCUT2D eigenvalue weighted by Crippen LogP contribution is -2.09. The number of unbranched alkanes of at least 4 members (excludes halogenated alkanes) is 4. The summed E-state index contributed by atoms with van der Waals surface area (Å²) < 4.78 is 9.17. The average molecular weight is 305 g/mol. The van der Waals surface area contributed by atoms with Gasteiger partial charge in [-0.15, -0.1) is 0 Å². The van der Waals surface area contributed by atoms with E-state index in [1.165, 1.54) is 31.7 Å². The van der Waals surface area contributed by atoms with E-state index in [1.807, 2.05) is 0 Å². The molecule has 0 aliphatic carbocycles. The minimum absolute atomic E-state index is 0.0290. The fourth-order valence-corrected chi connectivity index (χ4v) is 2.04. The molecule has 0 amide bonds. The third-order valence-electron chi connectivity index (χ3n) is 3.28. The molecule has 0 fully saturated rings. The van der Waals surface area contributed by atoms with E-state index in [1.54, 1.807) is 6.29 Å². The van der Waals surface area contributed by atoms with Crippen molar-refractivity contribution in [3.8, 4) is 5.75 Å². The van der Waals surface area contributed by atoms with E-state index in [4.69, 9.17) is 4.74 Å². The maximum atomic E-state index is 12.1. The maximum absolute atomic E-state index is 12.1. The van der Waals surface area contributed by atoms with Crippen LogP contribution in [-0.2, 0) is 9.53 Å². The number of hydrogen-bond donors (Lipinski definition) is 0.